The molecule has 0 N–H and O–H groups in total. The number of hydrogen-bond donors (Lipinski definition) is 0. The molecule has 1 fully saturated rings. The fourth-order valence-electron chi connectivity index (χ4n) is 3.22. The number of hydrogen-bond acceptors (Lipinski definition) is 7. The number of nitro benzene ring substituents is 1. The number of methoxy groups -OCH3 is 2. The van der Waals surface area contributed by atoms with E-state index in [0.29, 0.717) is 26.2 Å². The monoisotopic (exact) mass is 399 g/mol. The van der Waals surface area contributed by atoms with Gasteiger partial charge in [-0.3, -0.25) is 14.9 Å². The van der Waals surface area contributed by atoms with E-state index in [2.05, 4.69) is 9.64 Å². The maximum absolute atomic E-state index is 12.9. The second kappa shape index (κ2) is 8.59. The van der Waals surface area contributed by atoms with Gasteiger partial charge >= 0.3 is 5.97 Å². The van der Waals surface area contributed by atoms with Crippen LogP contribution < -0.4 is 9.64 Å². The van der Waals surface area contributed by atoms with Crippen molar-refractivity contribution in [2.45, 2.75) is 0 Å². The number of nitro groups is 1. The van der Waals surface area contributed by atoms with Crippen molar-refractivity contribution in [3.8, 4) is 5.75 Å². The largest absolute Gasteiger partial charge is 0.497 e. The minimum atomic E-state index is -0.730. The predicted molar refractivity (Wildman–Crippen MR) is 106 cm³/mol. The molecule has 0 atom stereocenters. The molecule has 0 spiro atoms. The molecule has 3 rings (SSSR count). The van der Waals surface area contributed by atoms with E-state index in [1.165, 1.54) is 19.2 Å². The number of piperazine rings is 1. The zero-order chi connectivity index (χ0) is 21.0. The van der Waals surface area contributed by atoms with Gasteiger partial charge in [-0.15, -0.1) is 0 Å². The van der Waals surface area contributed by atoms with Crippen molar-refractivity contribution in [3.63, 3.8) is 0 Å². The molecule has 1 saturated heterocycles. The first-order valence-electron chi connectivity index (χ1n) is 8.99. The van der Waals surface area contributed by atoms with Crippen LogP contribution in [0.5, 0.6) is 5.75 Å². The summed E-state index contributed by atoms with van der Waals surface area (Å²) in [6.45, 7) is 2.16. The van der Waals surface area contributed by atoms with Gasteiger partial charge in [-0.05, 0) is 30.3 Å². The SMILES string of the molecule is COC(=O)c1cc(C(=O)N2CCN(c3ccc(OC)cc3)CC2)cc([N+](=O)[O-])c1. The molecule has 0 saturated carbocycles. The van der Waals surface area contributed by atoms with Crippen LogP contribution in [0.2, 0.25) is 0 Å². The van der Waals surface area contributed by atoms with Crippen LogP contribution >= 0.6 is 0 Å². The number of nitrogens with zero attached hydrogens (tertiary/aromatic N) is 3. The number of esters is 1. The van der Waals surface area contributed by atoms with Gasteiger partial charge in [-0.1, -0.05) is 0 Å². The number of non-ortho nitro benzene ring substituents is 1. The zero-order valence-corrected chi connectivity index (χ0v) is 16.2. The van der Waals surface area contributed by atoms with E-state index in [1.54, 1.807) is 12.0 Å². The zero-order valence-electron chi connectivity index (χ0n) is 16.2. The van der Waals surface area contributed by atoms with E-state index in [-0.39, 0.29) is 22.7 Å². The van der Waals surface area contributed by atoms with Crippen molar-refractivity contribution in [3.05, 3.63) is 63.7 Å². The lowest BCUT2D eigenvalue weighted by Crippen LogP contribution is -2.48. The van der Waals surface area contributed by atoms with Crippen molar-refractivity contribution < 1.29 is 24.0 Å². The molecule has 0 aliphatic carbocycles. The van der Waals surface area contributed by atoms with Gasteiger partial charge in [0.1, 0.15) is 5.75 Å². The van der Waals surface area contributed by atoms with Crippen LogP contribution in [0.4, 0.5) is 11.4 Å². The lowest BCUT2D eigenvalue weighted by molar-refractivity contribution is -0.384. The molecule has 1 aliphatic rings. The molecule has 9 heteroatoms. The predicted octanol–water partition coefficient (Wildman–Crippen LogP) is 2.35. The number of anilines is 1. The summed E-state index contributed by atoms with van der Waals surface area (Å²) in [5, 5.41) is 11.2. The standard InChI is InChI=1S/C20H21N3O6/c1-28-18-5-3-16(4-6-18)21-7-9-22(10-8-21)19(24)14-11-15(20(25)29-2)13-17(12-14)23(26)27/h3-6,11-13H,7-10H2,1-2H3. The van der Waals surface area contributed by atoms with E-state index in [0.717, 1.165) is 17.5 Å². The van der Waals surface area contributed by atoms with Gasteiger partial charge in [0, 0.05) is 49.6 Å². The molecule has 29 heavy (non-hydrogen) atoms. The fraction of sp³-hybridized carbons (Fsp3) is 0.300. The van der Waals surface area contributed by atoms with Crippen LogP contribution in [0.15, 0.2) is 42.5 Å². The van der Waals surface area contributed by atoms with Crippen molar-refractivity contribution >= 4 is 23.3 Å². The van der Waals surface area contributed by atoms with E-state index in [9.17, 15) is 19.7 Å². The normalized spacial score (nSPS) is 13.7. The molecule has 1 heterocycles. The van der Waals surface area contributed by atoms with Crippen molar-refractivity contribution in [2.24, 2.45) is 0 Å². The Kier molecular flexibility index (Phi) is 5.96. The molecule has 9 nitrogen and oxygen atoms in total. The number of carbonyl (C=O) groups is 2. The third kappa shape index (κ3) is 4.45. The first kappa shape index (κ1) is 20.1. The summed E-state index contributed by atoms with van der Waals surface area (Å²) >= 11 is 0. The average molecular weight is 399 g/mol. The number of ether oxygens (including phenoxy) is 2. The Morgan fingerprint density at radius 1 is 0.966 bits per heavy atom. The molecule has 0 radical (unpaired) electrons. The topological polar surface area (TPSA) is 102 Å². The summed E-state index contributed by atoms with van der Waals surface area (Å²) in [6, 6.07) is 11.3. The first-order valence-corrected chi connectivity index (χ1v) is 8.99. The summed E-state index contributed by atoms with van der Waals surface area (Å²) in [6.07, 6.45) is 0. The smallest absolute Gasteiger partial charge is 0.338 e. The Bertz CT molecular complexity index is 920. The van der Waals surface area contributed by atoms with Gasteiger partial charge in [0.25, 0.3) is 11.6 Å². The quantitative estimate of drug-likeness (QED) is 0.432. The Labute approximate surface area is 167 Å². The molecule has 2 aromatic rings. The van der Waals surface area contributed by atoms with E-state index < -0.39 is 10.9 Å². The number of amides is 1. The van der Waals surface area contributed by atoms with Crippen LogP contribution in [0.3, 0.4) is 0 Å². The first-order chi connectivity index (χ1) is 13.9. The van der Waals surface area contributed by atoms with Crippen LogP contribution in [0.1, 0.15) is 20.7 Å². The second-order valence-electron chi connectivity index (χ2n) is 6.49. The average Bonchev–Trinajstić information content (AvgIpc) is 2.77. The summed E-state index contributed by atoms with van der Waals surface area (Å²) in [4.78, 5) is 39.0. The van der Waals surface area contributed by atoms with E-state index in [4.69, 9.17) is 4.74 Å². The highest BCUT2D eigenvalue weighted by atomic mass is 16.6. The van der Waals surface area contributed by atoms with Gasteiger partial charge < -0.3 is 19.3 Å². The molecule has 0 bridgehead atoms. The lowest BCUT2D eigenvalue weighted by atomic mass is 10.1. The minimum Gasteiger partial charge on any atom is -0.497 e. The maximum atomic E-state index is 12.9. The summed E-state index contributed by atoms with van der Waals surface area (Å²) < 4.78 is 9.79. The summed E-state index contributed by atoms with van der Waals surface area (Å²) in [5.41, 5.74) is 0.772. The van der Waals surface area contributed by atoms with E-state index in [1.807, 2.05) is 24.3 Å². The van der Waals surface area contributed by atoms with Crippen LogP contribution in [0.25, 0.3) is 0 Å². The fourth-order valence-corrected chi connectivity index (χ4v) is 3.22. The molecule has 152 valence electrons. The van der Waals surface area contributed by atoms with Gasteiger partial charge in [0.15, 0.2) is 0 Å². The van der Waals surface area contributed by atoms with Gasteiger partial charge in [-0.2, -0.15) is 0 Å². The Morgan fingerprint density at radius 3 is 2.14 bits per heavy atom. The van der Waals surface area contributed by atoms with Gasteiger partial charge in [0.2, 0.25) is 0 Å². The minimum absolute atomic E-state index is 0.0260. The third-order valence-corrected chi connectivity index (χ3v) is 4.80. The number of benzene rings is 2. The van der Waals surface area contributed by atoms with E-state index >= 15 is 0 Å². The Hall–Kier alpha value is -3.62. The lowest BCUT2D eigenvalue weighted by Gasteiger charge is -2.36. The highest BCUT2D eigenvalue weighted by molar-refractivity contribution is 5.99. The van der Waals surface area contributed by atoms with Crippen molar-refractivity contribution in [1.29, 1.82) is 0 Å². The maximum Gasteiger partial charge on any atom is 0.338 e. The van der Waals surface area contributed by atoms with Crippen molar-refractivity contribution in [1.82, 2.24) is 4.90 Å². The summed E-state index contributed by atoms with van der Waals surface area (Å²) in [5.74, 6) is -0.310. The van der Waals surface area contributed by atoms with Crippen LogP contribution in [-0.2, 0) is 4.74 Å². The highest BCUT2D eigenvalue weighted by Gasteiger charge is 2.25. The molecule has 1 aliphatic heterocycles. The van der Waals surface area contributed by atoms with Crippen LogP contribution in [-0.4, -0.2) is 62.1 Å². The molecule has 0 unspecified atom stereocenters. The second-order valence-corrected chi connectivity index (χ2v) is 6.49. The summed E-state index contributed by atoms with van der Waals surface area (Å²) in [7, 11) is 2.79. The van der Waals surface area contributed by atoms with Crippen LogP contribution in [0, 0.1) is 10.1 Å². The molecule has 1 amide bonds. The van der Waals surface area contributed by atoms with Crippen molar-refractivity contribution in [2.75, 3.05) is 45.3 Å². The number of rotatable bonds is 5. The Balaban J connectivity index is 1.73. The molecule has 2 aromatic carbocycles. The molecular weight excluding hydrogens is 378 g/mol. The molecular formula is C20H21N3O6. The molecule has 0 aromatic heterocycles. The Morgan fingerprint density at radius 2 is 1.59 bits per heavy atom. The third-order valence-electron chi connectivity index (χ3n) is 4.80. The van der Waals surface area contributed by atoms with Gasteiger partial charge in [0.05, 0.1) is 24.7 Å². The number of carbonyl (C=O) groups excluding carboxylic acids is 2. The van der Waals surface area contributed by atoms with Gasteiger partial charge in [-0.25, -0.2) is 4.79 Å². The highest BCUT2D eigenvalue weighted by Crippen LogP contribution is 2.23.